The first kappa shape index (κ1) is 10.8. The molecule has 0 bridgehead atoms. The zero-order valence-corrected chi connectivity index (χ0v) is 9.66. The predicted octanol–water partition coefficient (Wildman–Crippen LogP) is -0.499. The van der Waals surface area contributed by atoms with Crippen LogP contribution in [-0.2, 0) is 18.3 Å². The van der Waals surface area contributed by atoms with E-state index in [0.29, 0.717) is 18.8 Å². The topological polar surface area (TPSA) is 76.2 Å². The van der Waals surface area contributed by atoms with Crippen LogP contribution in [0, 0.1) is 0 Å². The SMILES string of the molecule is CCc1nn(C)c(N2CCNC(=O)C2)c1N. The standard InChI is InChI=1S/C10H17N5O/c1-3-7-9(11)10(14(2)13-7)15-5-4-12-8(16)6-15/h3-6,11H2,1-2H3,(H,12,16). The molecule has 0 radical (unpaired) electrons. The monoisotopic (exact) mass is 223 g/mol. The smallest absolute Gasteiger partial charge is 0.239 e. The quantitative estimate of drug-likeness (QED) is 0.708. The second kappa shape index (κ2) is 4.03. The number of aryl methyl sites for hydroxylation is 2. The molecule has 16 heavy (non-hydrogen) atoms. The van der Waals surface area contributed by atoms with Crippen molar-refractivity contribution in [1.82, 2.24) is 15.1 Å². The fourth-order valence-electron chi connectivity index (χ4n) is 2.04. The minimum absolute atomic E-state index is 0.0323. The van der Waals surface area contributed by atoms with Gasteiger partial charge in [0.2, 0.25) is 5.91 Å². The van der Waals surface area contributed by atoms with Crippen molar-refractivity contribution >= 4 is 17.4 Å². The lowest BCUT2D eigenvalue weighted by Crippen LogP contribution is -2.48. The number of nitrogens with zero attached hydrogens (tertiary/aromatic N) is 3. The molecular formula is C10H17N5O. The third kappa shape index (κ3) is 1.70. The van der Waals surface area contributed by atoms with Crippen LogP contribution in [0.1, 0.15) is 12.6 Å². The van der Waals surface area contributed by atoms with E-state index in [1.807, 2.05) is 18.9 Å². The van der Waals surface area contributed by atoms with Gasteiger partial charge < -0.3 is 16.0 Å². The van der Waals surface area contributed by atoms with Crippen LogP contribution in [0.25, 0.3) is 0 Å². The molecular weight excluding hydrogens is 206 g/mol. The van der Waals surface area contributed by atoms with Crippen molar-refractivity contribution in [3.63, 3.8) is 0 Å². The van der Waals surface area contributed by atoms with Gasteiger partial charge in [-0.15, -0.1) is 0 Å². The number of piperazine rings is 1. The summed E-state index contributed by atoms with van der Waals surface area (Å²) in [6, 6.07) is 0. The van der Waals surface area contributed by atoms with Gasteiger partial charge in [-0.3, -0.25) is 9.48 Å². The number of aromatic nitrogens is 2. The van der Waals surface area contributed by atoms with Crippen molar-refractivity contribution < 1.29 is 4.79 Å². The van der Waals surface area contributed by atoms with Crippen LogP contribution >= 0.6 is 0 Å². The summed E-state index contributed by atoms with van der Waals surface area (Å²) in [7, 11) is 1.86. The van der Waals surface area contributed by atoms with Gasteiger partial charge in [0, 0.05) is 20.1 Å². The first-order valence-electron chi connectivity index (χ1n) is 5.46. The lowest BCUT2D eigenvalue weighted by atomic mass is 10.2. The van der Waals surface area contributed by atoms with Crippen LogP contribution in [-0.4, -0.2) is 35.3 Å². The van der Waals surface area contributed by atoms with Crippen molar-refractivity contribution in [2.24, 2.45) is 7.05 Å². The van der Waals surface area contributed by atoms with E-state index < -0.39 is 0 Å². The summed E-state index contributed by atoms with van der Waals surface area (Å²) in [5, 5.41) is 7.14. The van der Waals surface area contributed by atoms with E-state index in [4.69, 9.17) is 5.73 Å². The molecule has 1 amide bonds. The molecule has 2 heterocycles. The Morgan fingerprint density at radius 3 is 2.88 bits per heavy atom. The highest BCUT2D eigenvalue weighted by atomic mass is 16.2. The van der Waals surface area contributed by atoms with Crippen LogP contribution in [0.5, 0.6) is 0 Å². The Kier molecular flexibility index (Phi) is 2.72. The number of carbonyl (C=O) groups is 1. The number of nitrogens with two attached hydrogens (primary N) is 1. The molecule has 0 saturated carbocycles. The lowest BCUT2D eigenvalue weighted by Gasteiger charge is -2.28. The second-order valence-corrected chi connectivity index (χ2v) is 3.93. The van der Waals surface area contributed by atoms with Gasteiger partial charge in [-0.25, -0.2) is 0 Å². The molecule has 0 spiro atoms. The van der Waals surface area contributed by atoms with Gasteiger partial charge in [-0.1, -0.05) is 6.92 Å². The summed E-state index contributed by atoms with van der Waals surface area (Å²) in [6.07, 6.45) is 0.805. The normalized spacial score (nSPS) is 16.4. The van der Waals surface area contributed by atoms with Crippen LogP contribution in [0.3, 0.4) is 0 Å². The van der Waals surface area contributed by atoms with E-state index in [1.165, 1.54) is 0 Å². The largest absolute Gasteiger partial charge is 0.394 e. The zero-order valence-electron chi connectivity index (χ0n) is 9.66. The lowest BCUT2D eigenvalue weighted by molar-refractivity contribution is -0.120. The number of amides is 1. The maximum Gasteiger partial charge on any atom is 0.239 e. The number of anilines is 2. The molecule has 2 rings (SSSR count). The average molecular weight is 223 g/mol. The number of hydrogen-bond donors (Lipinski definition) is 2. The van der Waals surface area contributed by atoms with Gasteiger partial charge in [0.05, 0.1) is 17.9 Å². The van der Waals surface area contributed by atoms with E-state index in [0.717, 1.165) is 24.5 Å². The van der Waals surface area contributed by atoms with Crippen LogP contribution in [0.4, 0.5) is 11.5 Å². The molecule has 1 fully saturated rings. The van der Waals surface area contributed by atoms with E-state index in [9.17, 15) is 4.79 Å². The molecule has 1 aliphatic heterocycles. The van der Waals surface area contributed by atoms with Crippen molar-refractivity contribution in [2.75, 3.05) is 30.3 Å². The van der Waals surface area contributed by atoms with Crippen molar-refractivity contribution in [3.05, 3.63) is 5.69 Å². The van der Waals surface area contributed by atoms with Gasteiger partial charge in [-0.05, 0) is 6.42 Å². The number of hydrogen-bond acceptors (Lipinski definition) is 4. The van der Waals surface area contributed by atoms with Crippen molar-refractivity contribution in [2.45, 2.75) is 13.3 Å². The molecule has 88 valence electrons. The Labute approximate surface area is 94.4 Å². The fourth-order valence-corrected chi connectivity index (χ4v) is 2.04. The second-order valence-electron chi connectivity index (χ2n) is 3.93. The van der Waals surface area contributed by atoms with Gasteiger partial charge in [0.1, 0.15) is 0 Å². The Balaban J connectivity index is 2.32. The summed E-state index contributed by atoms with van der Waals surface area (Å²) in [6.45, 7) is 3.81. The first-order chi connectivity index (χ1) is 7.63. The van der Waals surface area contributed by atoms with Gasteiger partial charge in [-0.2, -0.15) is 5.10 Å². The minimum atomic E-state index is 0.0323. The predicted molar refractivity (Wildman–Crippen MR) is 62.2 cm³/mol. The number of rotatable bonds is 2. The highest BCUT2D eigenvalue weighted by Crippen LogP contribution is 2.26. The highest BCUT2D eigenvalue weighted by Gasteiger charge is 2.23. The minimum Gasteiger partial charge on any atom is -0.394 e. The third-order valence-corrected chi connectivity index (χ3v) is 2.80. The Hall–Kier alpha value is -1.72. The van der Waals surface area contributed by atoms with E-state index in [-0.39, 0.29) is 5.91 Å². The van der Waals surface area contributed by atoms with Gasteiger partial charge in [0.25, 0.3) is 0 Å². The molecule has 0 aliphatic carbocycles. The first-order valence-corrected chi connectivity index (χ1v) is 5.46. The summed E-state index contributed by atoms with van der Waals surface area (Å²) in [5.74, 6) is 0.886. The molecule has 6 heteroatoms. The zero-order chi connectivity index (χ0) is 11.7. The Morgan fingerprint density at radius 1 is 1.56 bits per heavy atom. The third-order valence-electron chi connectivity index (χ3n) is 2.80. The van der Waals surface area contributed by atoms with Crippen LogP contribution in [0.2, 0.25) is 0 Å². The summed E-state index contributed by atoms with van der Waals surface area (Å²) >= 11 is 0. The maximum absolute atomic E-state index is 11.3. The summed E-state index contributed by atoms with van der Waals surface area (Å²) < 4.78 is 1.76. The van der Waals surface area contributed by atoms with Gasteiger partial charge >= 0.3 is 0 Å². The molecule has 0 unspecified atom stereocenters. The Morgan fingerprint density at radius 2 is 2.31 bits per heavy atom. The van der Waals surface area contributed by atoms with Crippen LogP contribution < -0.4 is 16.0 Å². The maximum atomic E-state index is 11.3. The van der Waals surface area contributed by atoms with Crippen molar-refractivity contribution in [3.8, 4) is 0 Å². The van der Waals surface area contributed by atoms with E-state index in [1.54, 1.807) is 4.68 Å². The van der Waals surface area contributed by atoms with Crippen molar-refractivity contribution in [1.29, 1.82) is 0 Å². The number of carbonyl (C=O) groups excluding carboxylic acids is 1. The van der Waals surface area contributed by atoms with E-state index in [2.05, 4.69) is 10.4 Å². The highest BCUT2D eigenvalue weighted by molar-refractivity contribution is 5.84. The summed E-state index contributed by atoms with van der Waals surface area (Å²) in [5.41, 5.74) is 7.62. The Bertz CT molecular complexity index is 412. The molecule has 1 saturated heterocycles. The van der Waals surface area contributed by atoms with Crippen LogP contribution in [0.15, 0.2) is 0 Å². The number of nitrogen functional groups attached to an aromatic ring is 1. The fraction of sp³-hybridized carbons (Fsp3) is 0.600. The van der Waals surface area contributed by atoms with Gasteiger partial charge in [0.15, 0.2) is 5.82 Å². The summed E-state index contributed by atoms with van der Waals surface area (Å²) in [4.78, 5) is 13.3. The molecule has 1 aromatic rings. The molecule has 0 atom stereocenters. The molecule has 0 aromatic carbocycles. The molecule has 6 nitrogen and oxygen atoms in total. The average Bonchev–Trinajstić information content (AvgIpc) is 2.53. The molecule has 3 N–H and O–H groups in total. The number of nitrogens with one attached hydrogen (secondary N) is 1. The van der Waals surface area contributed by atoms with E-state index >= 15 is 0 Å². The molecule has 1 aliphatic rings. The molecule has 1 aromatic heterocycles.